The average molecular weight is 309 g/mol. The largest absolute Gasteiger partial charge is 0.379 e. The van der Waals surface area contributed by atoms with E-state index in [0.717, 1.165) is 49.3 Å². The lowest BCUT2D eigenvalue weighted by Gasteiger charge is -2.34. The summed E-state index contributed by atoms with van der Waals surface area (Å²) in [6.45, 7) is 9.05. The minimum absolute atomic E-state index is 0.505. The summed E-state index contributed by atoms with van der Waals surface area (Å²) in [7, 11) is 4.08. The minimum Gasteiger partial charge on any atom is -0.379 e. The molecule has 1 atom stereocenters. The van der Waals surface area contributed by atoms with Crippen LogP contribution in [0.2, 0.25) is 0 Å². The molecule has 21 heavy (non-hydrogen) atoms. The van der Waals surface area contributed by atoms with Crippen LogP contribution in [-0.2, 0) is 11.8 Å². The molecular weight excluding hydrogens is 286 g/mol. The smallest absolute Gasteiger partial charge is 0.187 e. The van der Waals surface area contributed by atoms with Crippen molar-refractivity contribution in [2.45, 2.75) is 19.9 Å². The monoisotopic (exact) mass is 309 g/mol. The van der Waals surface area contributed by atoms with Crippen molar-refractivity contribution in [1.82, 2.24) is 19.7 Å². The topological polar surface area (TPSA) is 46.4 Å². The number of aromatic nitrogens is 3. The molecule has 0 amide bonds. The Bertz CT molecular complexity index is 582. The maximum Gasteiger partial charge on any atom is 0.187 e. The zero-order chi connectivity index (χ0) is 15.0. The second-order valence-corrected chi connectivity index (χ2v) is 6.71. The number of anilines is 1. The Morgan fingerprint density at radius 2 is 2.10 bits per heavy atom. The molecular formula is C14H23N5OS. The third kappa shape index (κ3) is 2.90. The second kappa shape index (κ2) is 5.90. The van der Waals surface area contributed by atoms with Crippen molar-refractivity contribution in [3.05, 3.63) is 5.69 Å². The third-order valence-electron chi connectivity index (χ3n) is 4.07. The van der Waals surface area contributed by atoms with Crippen LogP contribution in [-0.4, -0.2) is 65.6 Å². The number of rotatable bonds is 4. The van der Waals surface area contributed by atoms with Crippen molar-refractivity contribution in [2.75, 3.05) is 44.8 Å². The molecule has 3 rings (SSSR count). The summed E-state index contributed by atoms with van der Waals surface area (Å²) in [6, 6.07) is 0.505. The van der Waals surface area contributed by atoms with Gasteiger partial charge in [0.2, 0.25) is 0 Å². The summed E-state index contributed by atoms with van der Waals surface area (Å²) in [5.41, 5.74) is 2.05. The first-order chi connectivity index (χ1) is 10.1. The van der Waals surface area contributed by atoms with Gasteiger partial charge in [0.05, 0.1) is 23.6 Å². The molecule has 0 aliphatic carbocycles. The Kier molecular flexibility index (Phi) is 4.14. The highest BCUT2D eigenvalue weighted by Crippen LogP contribution is 2.30. The number of hydrogen-bond donors (Lipinski definition) is 0. The van der Waals surface area contributed by atoms with Crippen LogP contribution in [0.15, 0.2) is 0 Å². The lowest BCUT2D eigenvalue weighted by molar-refractivity contribution is 0.0218. The molecule has 1 unspecified atom stereocenters. The first kappa shape index (κ1) is 14.7. The van der Waals surface area contributed by atoms with Crippen molar-refractivity contribution >= 4 is 26.8 Å². The van der Waals surface area contributed by atoms with Crippen LogP contribution in [0.5, 0.6) is 0 Å². The molecule has 0 saturated carbocycles. The summed E-state index contributed by atoms with van der Waals surface area (Å²) in [4.78, 5) is 9.47. The number of likely N-dealkylation sites (N-methyl/N-ethyl adjacent to an activating group) is 1. The van der Waals surface area contributed by atoms with E-state index in [0.29, 0.717) is 6.04 Å². The zero-order valence-corrected chi connectivity index (χ0v) is 14.0. The molecule has 0 bridgehead atoms. The van der Waals surface area contributed by atoms with Gasteiger partial charge < -0.3 is 9.64 Å². The summed E-state index contributed by atoms with van der Waals surface area (Å²) >= 11 is 1.73. The van der Waals surface area contributed by atoms with Gasteiger partial charge in [-0.1, -0.05) is 11.3 Å². The highest BCUT2D eigenvalue weighted by atomic mass is 32.1. The predicted octanol–water partition coefficient (Wildman–Crippen LogP) is 1.50. The summed E-state index contributed by atoms with van der Waals surface area (Å²) in [5.74, 6) is 0. The Labute approximate surface area is 129 Å². The van der Waals surface area contributed by atoms with E-state index >= 15 is 0 Å². The van der Waals surface area contributed by atoms with Crippen molar-refractivity contribution in [1.29, 1.82) is 0 Å². The lowest BCUT2D eigenvalue weighted by atomic mass is 10.2. The van der Waals surface area contributed by atoms with Gasteiger partial charge in [-0.15, -0.1) is 0 Å². The quantitative estimate of drug-likeness (QED) is 0.856. The fourth-order valence-electron chi connectivity index (χ4n) is 2.85. The highest BCUT2D eigenvalue weighted by molar-refractivity contribution is 7.22. The van der Waals surface area contributed by atoms with E-state index in [9.17, 15) is 0 Å². The van der Waals surface area contributed by atoms with Gasteiger partial charge >= 0.3 is 0 Å². The number of aryl methyl sites for hydroxylation is 2. The molecule has 1 aliphatic heterocycles. The Hall–Kier alpha value is -1.18. The standard InChI is InChI=1S/C14H23N5OS/c1-10(19-5-7-20-8-6-19)9-17(3)14-15-13-12(21-14)11(2)16-18(13)4/h10H,5-9H2,1-4H3. The first-order valence-electron chi connectivity index (χ1n) is 7.39. The molecule has 1 fully saturated rings. The van der Waals surface area contributed by atoms with Crippen LogP contribution in [0.3, 0.4) is 0 Å². The SMILES string of the molecule is Cc1nn(C)c2nc(N(C)CC(C)N3CCOCC3)sc12. The van der Waals surface area contributed by atoms with Crippen molar-refractivity contribution in [3.63, 3.8) is 0 Å². The number of morpholine rings is 1. The van der Waals surface area contributed by atoms with E-state index in [2.05, 4.69) is 28.9 Å². The van der Waals surface area contributed by atoms with Gasteiger partial charge in [-0.2, -0.15) is 5.10 Å². The molecule has 7 heteroatoms. The van der Waals surface area contributed by atoms with E-state index in [-0.39, 0.29) is 0 Å². The number of nitrogens with zero attached hydrogens (tertiary/aromatic N) is 5. The van der Waals surface area contributed by atoms with Gasteiger partial charge in [-0.25, -0.2) is 9.67 Å². The molecule has 0 N–H and O–H groups in total. The molecule has 0 spiro atoms. The number of hydrogen-bond acceptors (Lipinski definition) is 6. The first-order valence-corrected chi connectivity index (χ1v) is 8.21. The minimum atomic E-state index is 0.505. The number of ether oxygens (including phenoxy) is 1. The van der Waals surface area contributed by atoms with E-state index in [4.69, 9.17) is 9.72 Å². The van der Waals surface area contributed by atoms with Gasteiger partial charge in [0.1, 0.15) is 0 Å². The maximum atomic E-state index is 5.42. The van der Waals surface area contributed by atoms with Gasteiger partial charge in [-0.3, -0.25) is 4.90 Å². The second-order valence-electron chi connectivity index (χ2n) is 5.74. The van der Waals surface area contributed by atoms with Crippen LogP contribution >= 0.6 is 11.3 Å². The van der Waals surface area contributed by atoms with Gasteiger partial charge in [0, 0.05) is 39.8 Å². The molecule has 2 aromatic rings. The molecule has 6 nitrogen and oxygen atoms in total. The normalized spacial score (nSPS) is 18.3. The van der Waals surface area contributed by atoms with Crippen LogP contribution in [0, 0.1) is 6.92 Å². The van der Waals surface area contributed by atoms with Gasteiger partial charge in [-0.05, 0) is 13.8 Å². The highest BCUT2D eigenvalue weighted by Gasteiger charge is 2.20. The fraction of sp³-hybridized carbons (Fsp3) is 0.714. The number of fused-ring (bicyclic) bond motifs is 1. The van der Waals surface area contributed by atoms with Gasteiger partial charge in [0.15, 0.2) is 10.8 Å². The van der Waals surface area contributed by atoms with Crippen molar-refractivity contribution in [3.8, 4) is 0 Å². The summed E-state index contributed by atoms with van der Waals surface area (Å²) in [6.07, 6.45) is 0. The molecule has 2 aromatic heterocycles. The van der Waals surface area contributed by atoms with Crippen LogP contribution in [0.1, 0.15) is 12.6 Å². The van der Waals surface area contributed by atoms with E-state index in [1.54, 1.807) is 11.3 Å². The molecule has 1 aliphatic rings. The summed E-state index contributed by atoms with van der Waals surface area (Å²) in [5, 5.41) is 5.48. The summed E-state index contributed by atoms with van der Waals surface area (Å²) < 4.78 is 8.48. The molecule has 0 radical (unpaired) electrons. The number of thiazole rings is 1. The molecule has 0 aromatic carbocycles. The van der Waals surface area contributed by atoms with Crippen molar-refractivity contribution < 1.29 is 4.74 Å². The molecule has 116 valence electrons. The zero-order valence-electron chi connectivity index (χ0n) is 13.2. The lowest BCUT2D eigenvalue weighted by Crippen LogP contribution is -2.46. The van der Waals surface area contributed by atoms with Crippen molar-refractivity contribution in [2.24, 2.45) is 7.05 Å². The van der Waals surface area contributed by atoms with E-state index < -0.39 is 0 Å². The Morgan fingerprint density at radius 1 is 1.38 bits per heavy atom. The average Bonchev–Trinajstić information content (AvgIpc) is 3.02. The predicted molar refractivity (Wildman–Crippen MR) is 86.2 cm³/mol. The Balaban J connectivity index is 1.71. The van der Waals surface area contributed by atoms with E-state index in [1.165, 1.54) is 4.70 Å². The molecule has 1 saturated heterocycles. The molecule has 3 heterocycles. The van der Waals surface area contributed by atoms with Gasteiger partial charge in [0.25, 0.3) is 0 Å². The maximum absolute atomic E-state index is 5.42. The van der Waals surface area contributed by atoms with Crippen LogP contribution < -0.4 is 4.90 Å². The van der Waals surface area contributed by atoms with E-state index in [1.807, 2.05) is 18.7 Å². The van der Waals surface area contributed by atoms with Crippen LogP contribution in [0.25, 0.3) is 10.3 Å². The Morgan fingerprint density at radius 3 is 2.76 bits per heavy atom. The van der Waals surface area contributed by atoms with Crippen LogP contribution in [0.4, 0.5) is 5.13 Å². The fourth-order valence-corrected chi connectivity index (χ4v) is 3.85. The third-order valence-corrected chi connectivity index (χ3v) is 5.33.